The Labute approximate surface area is 342 Å². The lowest BCUT2D eigenvalue weighted by molar-refractivity contribution is 0.0685. The molecule has 4 aromatic carbocycles. The summed E-state index contributed by atoms with van der Waals surface area (Å²) in [5.74, 6) is 0.985. The summed E-state index contributed by atoms with van der Waals surface area (Å²) in [6.07, 6.45) is 8.39. The van der Waals surface area contributed by atoms with Gasteiger partial charge in [-0.25, -0.2) is 8.78 Å². The van der Waals surface area contributed by atoms with Crippen LogP contribution in [0.4, 0.5) is 8.78 Å². The van der Waals surface area contributed by atoms with Crippen LogP contribution >= 0.6 is 0 Å². The van der Waals surface area contributed by atoms with Crippen molar-refractivity contribution in [1.29, 1.82) is 0 Å². The van der Waals surface area contributed by atoms with Gasteiger partial charge in [0.1, 0.15) is 17.3 Å². The van der Waals surface area contributed by atoms with Crippen LogP contribution in [0.15, 0.2) is 125 Å². The lowest BCUT2D eigenvalue weighted by atomic mass is 9.97. The highest BCUT2D eigenvalue weighted by molar-refractivity contribution is 5.97. The average molecular weight is 806 g/mol. The van der Waals surface area contributed by atoms with Crippen molar-refractivity contribution in [3.8, 4) is 22.8 Å². The van der Waals surface area contributed by atoms with E-state index >= 15 is 0 Å². The van der Waals surface area contributed by atoms with E-state index in [9.17, 15) is 18.4 Å². The van der Waals surface area contributed by atoms with Gasteiger partial charge >= 0.3 is 0 Å². The lowest BCUT2D eigenvalue weighted by Crippen LogP contribution is -2.39. The Morgan fingerprint density at radius 3 is 1.75 bits per heavy atom. The number of pyridine rings is 1. The Bertz CT molecular complexity index is 2600. The van der Waals surface area contributed by atoms with Crippen LogP contribution in [0.2, 0.25) is 0 Å². The van der Waals surface area contributed by atoms with Crippen LogP contribution < -0.4 is 0 Å². The number of hydrogen-bond donors (Lipinski definition) is 0. The van der Waals surface area contributed by atoms with Crippen LogP contribution in [0.3, 0.4) is 0 Å². The van der Waals surface area contributed by atoms with Crippen LogP contribution in [0, 0.1) is 11.6 Å². The number of rotatable bonds is 6. The molecule has 8 aromatic rings. The number of halogens is 2. The molecule has 300 valence electrons. The van der Waals surface area contributed by atoms with Crippen molar-refractivity contribution < 1.29 is 27.4 Å². The van der Waals surface area contributed by atoms with E-state index in [1.807, 2.05) is 41.3 Å². The number of nitrogens with zero attached hydrogens (tertiary/aromatic N) is 9. The van der Waals surface area contributed by atoms with Gasteiger partial charge in [0.15, 0.2) is 0 Å². The van der Waals surface area contributed by atoms with Crippen molar-refractivity contribution in [2.75, 3.05) is 26.2 Å². The molecule has 0 radical (unpaired) electrons. The highest BCUT2D eigenvalue weighted by Crippen LogP contribution is 2.30. The zero-order valence-corrected chi connectivity index (χ0v) is 32.2. The molecule has 0 bridgehead atoms. The van der Waals surface area contributed by atoms with E-state index in [-0.39, 0.29) is 35.3 Å². The summed E-state index contributed by atoms with van der Waals surface area (Å²) in [6, 6.07) is 27.0. The molecule has 6 heterocycles. The number of benzene rings is 4. The molecule has 0 N–H and O–H groups in total. The fourth-order valence-corrected chi connectivity index (χ4v) is 7.60. The Kier molecular flexibility index (Phi) is 10.8. The maximum Gasteiger partial charge on any atom is 0.272 e. The fraction of sp³-hybridized carbons (Fsp3) is 0.222. The number of fused-ring (bicyclic) bond motifs is 2. The molecule has 0 saturated carbocycles. The van der Waals surface area contributed by atoms with Gasteiger partial charge in [0.2, 0.25) is 23.4 Å². The number of amides is 2. The molecule has 2 atom stereocenters. The van der Waals surface area contributed by atoms with Gasteiger partial charge in [0.25, 0.3) is 11.8 Å². The van der Waals surface area contributed by atoms with E-state index in [0.717, 1.165) is 42.0 Å². The van der Waals surface area contributed by atoms with Gasteiger partial charge in [-0.15, -0.1) is 0 Å². The van der Waals surface area contributed by atoms with Crippen LogP contribution in [-0.2, 0) is 0 Å². The highest BCUT2D eigenvalue weighted by atomic mass is 19.1. The minimum Gasteiger partial charge on any atom is -0.339 e. The van der Waals surface area contributed by atoms with Crippen molar-refractivity contribution in [2.45, 2.75) is 37.5 Å². The SMILES string of the molecule is O=C(c1cc2ccccc2cn1)N1CCC[C@H](c2nc(-c3ccc(F)cc3)no2)C1.O=C(c1ccc2nccnc2c1)N1CCC[C@H](c2nc(-c3ccc(F)cc3)no2)C1. The Morgan fingerprint density at radius 2 is 1.15 bits per heavy atom. The summed E-state index contributed by atoms with van der Waals surface area (Å²) < 4.78 is 37.2. The highest BCUT2D eigenvalue weighted by Gasteiger charge is 2.31. The summed E-state index contributed by atoms with van der Waals surface area (Å²) in [7, 11) is 0. The normalized spacial score (nSPS) is 16.7. The molecule has 4 aromatic heterocycles. The van der Waals surface area contributed by atoms with Gasteiger partial charge in [-0.1, -0.05) is 34.6 Å². The van der Waals surface area contributed by atoms with Gasteiger partial charge in [-0.2, -0.15) is 9.97 Å². The Morgan fingerprint density at radius 1 is 0.600 bits per heavy atom. The predicted octanol–water partition coefficient (Wildman–Crippen LogP) is 8.28. The van der Waals surface area contributed by atoms with Crippen LogP contribution in [-0.4, -0.2) is 83.0 Å². The maximum atomic E-state index is 13.1. The zero-order valence-electron chi connectivity index (χ0n) is 32.2. The van der Waals surface area contributed by atoms with Crippen LogP contribution in [0.25, 0.3) is 44.6 Å². The second-order valence-corrected chi connectivity index (χ2v) is 14.8. The molecule has 60 heavy (non-hydrogen) atoms. The van der Waals surface area contributed by atoms with Gasteiger partial charge in [0, 0.05) is 66.8 Å². The second-order valence-electron chi connectivity index (χ2n) is 14.8. The topological polar surface area (TPSA) is 157 Å². The van der Waals surface area contributed by atoms with E-state index < -0.39 is 0 Å². The molecule has 0 aliphatic carbocycles. The van der Waals surface area contributed by atoms with Crippen molar-refractivity contribution in [1.82, 2.24) is 45.0 Å². The molecule has 2 fully saturated rings. The van der Waals surface area contributed by atoms with Gasteiger partial charge in [-0.05, 0) is 104 Å². The minimum atomic E-state index is -0.316. The molecule has 10 rings (SSSR count). The third-order valence-corrected chi connectivity index (χ3v) is 10.8. The van der Waals surface area contributed by atoms with Gasteiger partial charge < -0.3 is 18.8 Å². The molecular weight excluding hydrogens is 769 g/mol. The number of likely N-dealkylation sites (tertiary alicyclic amines) is 2. The minimum absolute atomic E-state index is 0.0372. The first-order chi connectivity index (χ1) is 29.3. The predicted molar refractivity (Wildman–Crippen MR) is 216 cm³/mol. The summed E-state index contributed by atoms with van der Waals surface area (Å²) >= 11 is 0. The molecule has 2 aliphatic rings. The number of piperidine rings is 2. The monoisotopic (exact) mass is 805 g/mol. The molecule has 0 spiro atoms. The first-order valence-corrected chi connectivity index (χ1v) is 19.7. The maximum absolute atomic E-state index is 13.1. The Hall–Kier alpha value is -7.29. The lowest BCUT2D eigenvalue weighted by Gasteiger charge is -2.31. The summed E-state index contributed by atoms with van der Waals surface area (Å²) in [4.78, 5) is 51.6. The van der Waals surface area contributed by atoms with Crippen molar-refractivity contribution in [3.63, 3.8) is 0 Å². The quantitative estimate of drug-likeness (QED) is 0.159. The fourth-order valence-electron chi connectivity index (χ4n) is 7.60. The first kappa shape index (κ1) is 38.2. The molecule has 15 heteroatoms. The number of carbonyl (C=O) groups is 2. The number of aromatic nitrogens is 7. The largest absolute Gasteiger partial charge is 0.339 e. The number of hydrogen-bond acceptors (Lipinski definition) is 11. The molecule has 2 saturated heterocycles. The van der Waals surface area contributed by atoms with E-state index in [1.165, 1.54) is 24.3 Å². The zero-order chi connectivity index (χ0) is 41.0. The van der Waals surface area contributed by atoms with Crippen molar-refractivity contribution in [3.05, 3.63) is 150 Å². The second kappa shape index (κ2) is 16.9. The standard InChI is InChI=1S/C23H19FN4O2.C22H18FN5O2/c24-19-9-7-15(8-10-19)21-26-22(30-27-21)18-6-3-11-28(14-18)23(29)20-12-16-4-1-2-5-17(16)13-25-20;23-17-6-3-14(4-7-17)20-26-21(30-27-20)16-2-1-11-28(13-16)22(29)15-5-8-18-19(12-15)25-10-9-24-18/h1-2,4-5,7-10,12-13,18H,3,6,11,14H2;3-10,12,16H,1-2,11,13H2/t18-;16-/m00/s1. The summed E-state index contributed by atoms with van der Waals surface area (Å²) in [6.45, 7) is 2.34. The number of carbonyl (C=O) groups excluding carboxylic acids is 2. The van der Waals surface area contributed by atoms with E-state index in [0.29, 0.717) is 77.5 Å². The van der Waals surface area contributed by atoms with Crippen molar-refractivity contribution in [2.24, 2.45) is 0 Å². The molecule has 13 nitrogen and oxygen atoms in total. The van der Waals surface area contributed by atoms with E-state index in [2.05, 4.69) is 35.2 Å². The molecular formula is C45H37F2N9O4. The first-order valence-electron chi connectivity index (χ1n) is 19.7. The van der Waals surface area contributed by atoms with E-state index in [1.54, 1.807) is 59.9 Å². The van der Waals surface area contributed by atoms with Crippen LogP contribution in [0.5, 0.6) is 0 Å². The van der Waals surface area contributed by atoms with Gasteiger partial charge in [-0.3, -0.25) is 24.5 Å². The molecule has 2 aliphatic heterocycles. The summed E-state index contributed by atoms with van der Waals surface area (Å²) in [5, 5.41) is 10.1. The molecule has 0 unspecified atom stereocenters. The third-order valence-electron chi connectivity index (χ3n) is 10.8. The molecule has 2 amide bonds. The summed E-state index contributed by atoms with van der Waals surface area (Å²) in [5.41, 5.74) is 3.85. The smallest absolute Gasteiger partial charge is 0.272 e. The van der Waals surface area contributed by atoms with E-state index in [4.69, 9.17) is 9.05 Å². The van der Waals surface area contributed by atoms with Crippen molar-refractivity contribution >= 4 is 33.6 Å². The van der Waals surface area contributed by atoms with Gasteiger partial charge in [0.05, 0.1) is 22.9 Å². The Balaban J connectivity index is 0.000000154. The average Bonchev–Trinajstić information content (AvgIpc) is 4.01. The van der Waals surface area contributed by atoms with Crippen LogP contribution in [0.1, 0.15) is 70.1 Å². The third kappa shape index (κ3) is 8.32.